The van der Waals surface area contributed by atoms with Gasteiger partial charge < -0.3 is 34.3 Å². The molecule has 6 aromatic rings. The van der Waals surface area contributed by atoms with E-state index in [1.807, 2.05) is 58.6 Å². The maximum Gasteiger partial charge on any atom is 0.328 e. The number of aromatic nitrogens is 4. The Bertz CT molecular complexity index is 2710. The van der Waals surface area contributed by atoms with Crippen molar-refractivity contribution in [1.82, 2.24) is 40.0 Å². The lowest BCUT2D eigenvalue weighted by Gasteiger charge is -2.37. The van der Waals surface area contributed by atoms with Crippen LogP contribution in [0.5, 0.6) is 0 Å². The zero-order chi connectivity index (χ0) is 43.7. The number of anilines is 4. The average Bonchev–Trinajstić information content (AvgIpc) is 3.93. The average molecular weight is 864 g/mol. The number of carbonyl (C=O) groups excluding carboxylic acids is 5. The van der Waals surface area contributed by atoms with E-state index in [4.69, 9.17) is 4.42 Å². The molecule has 1 saturated carbocycles. The molecule has 6 amide bonds. The second-order valence-corrected chi connectivity index (χ2v) is 17.2. The number of imidazole rings is 1. The third-order valence-electron chi connectivity index (χ3n) is 13.1. The first-order chi connectivity index (χ1) is 31.2. The lowest BCUT2D eigenvalue weighted by Crippen LogP contribution is -2.49. The highest BCUT2D eigenvalue weighted by molar-refractivity contribution is 6.10. The lowest BCUT2D eigenvalue weighted by atomic mass is 9.86. The fourth-order valence-corrected chi connectivity index (χ4v) is 9.36. The quantitative estimate of drug-likeness (QED) is 0.151. The van der Waals surface area contributed by atoms with Crippen molar-refractivity contribution >= 4 is 74.7 Å². The minimum Gasteiger partial charge on any atom is -0.462 e. The van der Waals surface area contributed by atoms with Crippen LogP contribution < -0.4 is 25.8 Å². The second-order valence-electron chi connectivity index (χ2n) is 17.2. The van der Waals surface area contributed by atoms with Crippen LogP contribution >= 0.6 is 0 Å². The summed E-state index contributed by atoms with van der Waals surface area (Å²) in [5.74, 6) is 0.642. The molecule has 3 saturated heterocycles. The number of hydrogen-bond donors (Lipinski definition) is 3. The highest BCUT2D eigenvalue weighted by Gasteiger charge is 2.34. The van der Waals surface area contributed by atoms with Crippen molar-refractivity contribution in [2.75, 3.05) is 60.9 Å². The van der Waals surface area contributed by atoms with Crippen LogP contribution in [0.2, 0.25) is 0 Å². The Morgan fingerprint density at radius 3 is 2.38 bits per heavy atom. The van der Waals surface area contributed by atoms with Crippen molar-refractivity contribution in [2.24, 2.45) is 5.92 Å². The van der Waals surface area contributed by atoms with Gasteiger partial charge >= 0.3 is 6.03 Å². The molecule has 17 heteroatoms. The molecule has 1 aliphatic carbocycles. The fraction of sp³-hybridized carbons (Fsp3) is 0.362. The normalized spacial score (nSPS) is 19.4. The molecule has 10 rings (SSSR count). The van der Waals surface area contributed by atoms with Gasteiger partial charge in [0.1, 0.15) is 18.2 Å². The van der Waals surface area contributed by atoms with Gasteiger partial charge in [-0.15, -0.1) is 0 Å². The zero-order valence-electron chi connectivity index (χ0n) is 35.3. The highest BCUT2D eigenvalue weighted by Crippen LogP contribution is 2.36. The number of piperidine rings is 1. The van der Waals surface area contributed by atoms with Crippen molar-refractivity contribution in [3.63, 3.8) is 0 Å². The maximum absolute atomic E-state index is 13.5. The number of urea groups is 1. The second kappa shape index (κ2) is 17.5. The predicted molar refractivity (Wildman–Crippen MR) is 239 cm³/mol. The number of likely N-dealkylation sites (tertiary alicyclic amines) is 1. The van der Waals surface area contributed by atoms with Crippen LogP contribution in [0.15, 0.2) is 96.1 Å². The van der Waals surface area contributed by atoms with Gasteiger partial charge in [-0.2, -0.15) is 0 Å². The smallest absolute Gasteiger partial charge is 0.328 e. The fourth-order valence-electron chi connectivity index (χ4n) is 9.36. The van der Waals surface area contributed by atoms with Gasteiger partial charge in [-0.1, -0.05) is 30.3 Å². The molecule has 0 unspecified atom stereocenters. The number of nitrogens with zero attached hydrogens (tertiary/aromatic N) is 8. The number of carbonyl (C=O) groups is 5. The van der Waals surface area contributed by atoms with Crippen molar-refractivity contribution in [3.05, 3.63) is 103 Å². The minimum atomic E-state index is -0.491. The van der Waals surface area contributed by atoms with Crippen molar-refractivity contribution in [2.45, 2.75) is 57.0 Å². The Balaban J connectivity index is 0.665. The van der Waals surface area contributed by atoms with Crippen LogP contribution in [0.3, 0.4) is 0 Å². The molecule has 4 aliphatic rings. The third kappa shape index (κ3) is 8.44. The number of amides is 6. The van der Waals surface area contributed by atoms with Gasteiger partial charge in [-0.05, 0) is 79.6 Å². The largest absolute Gasteiger partial charge is 0.462 e. The van der Waals surface area contributed by atoms with E-state index >= 15 is 0 Å². The van der Waals surface area contributed by atoms with Gasteiger partial charge in [-0.3, -0.25) is 29.4 Å². The standard InChI is InChI=1S/C47H49N11O6/c59-40-14-17-57(47(63)53-40)38-27-64-39-24-32(6-11-37(38)39)46(62)56-15-12-31(13-16-56)23-42(61)55-20-18-54(19-21-55)35-9-7-33(8-10-35)52-44-43-45(49-28-48-44)58(29-50-43)36-25-34(26-36)51-41(60)22-30-4-2-1-3-5-30/h1-11,24,27-29,31,34,36H,12-23,25-26H2,(H,51,60)(H,48,49,52)(H,53,59,63). The molecule has 3 aliphatic heterocycles. The first-order valence-electron chi connectivity index (χ1n) is 22.0. The van der Waals surface area contributed by atoms with Crippen LogP contribution in [-0.2, 0) is 20.8 Å². The van der Waals surface area contributed by atoms with E-state index in [1.165, 1.54) is 11.2 Å². The number of hydrogen-bond acceptors (Lipinski definition) is 11. The Labute approximate surface area is 368 Å². The molecule has 328 valence electrons. The van der Waals surface area contributed by atoms with Gasteiger partial charge in [0.25, 0.3) is 5.91 Å². The summed E-state index contributed by atoms with van der Waals surface area (Å²) >= 11 is 0. The van der Waals surface area contributed by atoms with Crippen molar-refractivity contribution < 1.29 is 28.4 Å². The topological polar surface area (TPSA) is 191 Å². The summed E-state index contributed by atoms with van der Waals surface area (Å²) in [6, 6.07) is 23.0. The molecule has 0 radical (unpaired) electrons. The van der Waals surface area contributed by atoms with Crippen LogP contribution in [0.4, 0.5) is 27.7 Å². The molecular formula is C47H49N11O6. The molecule has 6 heterocycles. The molecule has 64 heavy (non-hydrogen) atoms. The van der Waals surface area contributed by atoms with Crippen molar-refractivity contribution in [1.29, 1.82) is 0 Å². The molecule has 3 aromatic carbocycles. The van der Waals surface area contributed by atoms with E-state index in [1.54, 1.807) is 24.5 Å². The molecule has 0 bridgehead atoms. The van der Waals surface area contributed by atoms with E-state index in [0.717, 1.165) is 61.4 Å². The SMILES string of the molecule is O=C1CCN(c2coc3cc(C(=O)N4CCC(CC(=O)N5CCN(c6ccc(Nc7ncnc8c7ncn8C7CC(NC(=O)Cc8ccccc8)C7)cc6)CC5)CC4)ccc23)C(=O)N1. The Morgan fingerprint density at radius 1 is 0.828 bits per heavy atom. The zero-order valence-corrected chi connectivity index (χ0v) is 35.3. The molecule has 3 aromatic heterocycles. The highest BCUT2D eigenvalue weighted by atomic mass is 16.3. The number of nitrogens with one attached hydrogen (secondary N) is 3. The molecular weight excluding hydrogens is 815 g/mol. The number of furan rings is 1. The summed E-state index contributed by atoms with van der Waals surface area (Å²) in [5, 5.41) is 9.59. The molecule has 0 atom stereocenters. The van der Waals surface area contributed by atoms with Gasteiger partial charge in [0.15, 0.2) is 17.0 Å². The minimum absolute atomic E-state index is 0.0349. The Morgan fingerprint density at radius 2 is 1.61 bits per heavy atom. The monoisotopic (exact) mass is 863 g/mol. The molecule has 3 N–H and O–H groups in total. The third-order valence-corrected chi connectivity index (χ3v) is 13.1. The summed E-state index contributed by atoms with van der Waals surface area (Å²) in [5.41, 5.74) is 5.96. The number of rotatable bonds is 11. The maximum atomic E-state index is 13.5. The molecule has 4 fully saturated rings. The van der Waals surface area contributed by atoms with Gasteiger partial charge in [0.05, 0.1) is 18.4 Å². The van der Waals surface area contributed by atoms with E-state index in [-0.39, 0.29) is 54.6 Å². The Kier molecular flexibility index (Phi) is 11.1. The number of imide groups is 1. The number of fused-ring (bicyclic) bond motifs is 2. The summed E-state index contributed by atoms with van der Waals surface area (Å²) < 4.78 is 7.81. The summed E-state index contributed by atoms with van der Waals surface area (Å²) in [7, 11) is 0. The summed E-state index contributed by atoms with van der Waals surface area (Å²) in [6.45, 7) is 4.18. The molecule has 0 spiro atoms. The van der Waals surface area contributed by atoms with Crippen LogP contribution in [-0.4, -0.2) is 111 Å². The van der Waals surface area contributed by atoms with Crippen LogP contribution in [0, 0.1) is 5.92 Å². The Hall–Kier alpha value is -7.30. The summed E-state index contributed by atoms with van der Waals surface area (Å²) in [6.07, 6.45) is 9.05. The van der Waals surface area contributed by atoms with Crippen molar-refractivity contribution in [3.8, 4) is 0 Å². The first kappa shape index (κ1) is 40.8. The van der Waals surface area contributed by atoms with E-state index in [9.17, 15) is 24.0 Å². The number of benzene rings is 3. The van der Waals surface area contributed by atoms with Gasteiger partial charge in [-0.25, -0.2) is 19.7 Å². The molecule has 17 nitrogen and oxygen atoms in total. The van der Waals surface area contributed by atoms with E-state index < -0.39 is 6.03 Å². The lowest BCUT2D eigenvalue weighted by molar-refractivity contribution is -0.132. The summed E-state index contributed by atoms with van der Waals surface area (Å²) in [4.78, 5) is 84.7. The van der Waals surface area contributed by atoms with E-state index in [0.29, 0.717) is 72.6 Å². The van der Waals surface area contributed by atoms with Crippen LogP contribution in [0.25, 0.3) is 22.1 Å². The van der Waals surface area contributed by atoms with Crippen LogP contribution in [0.1, 0.15) is 60.5 Å². The van der Waals surface area contributed by atoms with E-state index in [2.05, 4.69) is 52.5 Å². The van der Waals surface area contributed by atoms with Gasteiger partial charge in [0, 0.05) is 93.1 Å². The van der Waals surface area contributed by atoms with Gasteiger partial charge in [0.2, 0.25) is 17.7 Å². The predicted octanol–water partition coefficient (Wildman–Crippen LogP) is 5.42. The number of piperazine rings is 1. The first-order valence-corrected chi connectivity index (χ1v) is 22.0.